The van der Waals surface area contributed by atoms with Crippen LogP contribution in [-0.4, -0.2) is 50.0 Å². The predicted octanol–water partition coefficient (Wildman–Crippen LogP) is 1.28. The second-order valence-corrected chi connectivity index (χ2v) is 4.56. The third kappa shape index (κ3) is 4.92. The minimum Gasteiger partial charge on any atom is -0.394 e. The molecule has 0 aliphatic rings. The van der Waals surface area contributed by atoms with E-state index in [1.807, 2.05) is 31.3 Å². The molecule has 0 spiro atoms. The van der Waals surface area contributed by atoms with E-state index in [4.69, 9.17) is 27.2 Å². The number of rotatable bonds is 8. The number of aliphatic hydroxyl groups is 1. The fourth-order valence-electron chi connectivity index (χ4n) is 1.79. The van der Waals surface area contributed by atoms with Crippen molar-refractivity contribution in [3.63, 3.8) is 0 Å². The molecule has 0 heterocycles. The SMILES string of the molecule is CN(CCOCCO)C(CN)c1ccc(Cl)cc1. The van der Waals surface area contributed by atoms with Crippen molar-refractivity contribution in [3.05, 3.63) is 34.9 Å². The maximum Gasteiger partial charge on any atom is 0.0698 e. The van der Waals surface area contributed by atoms with Crippen molar-refractivity contribution >= 4 is 11.6 Å². The molecular weight excluding hydrogens is 252 g/mol. The third-order valence-electron chi connectivity index (χ3n) is 2.83. The number of ether oxygens (including phenoxy) is 1. The fourth-order valence-corrected chi connectivity index (χ4v) is 1.91. The molecule has 0 amide bonds. The first-order valence-electron chi connectivity index (χ1n) is 6.03. The van der Waals surface area contributed by atoms with Gasteiger partial charge in [-0.25, -0.2) is 0 Å². The van der Waals surface area contributed by atoms with Crippen molar-refractivity contribution in [1.82, 2.24) is 4.90 Å². The van der Waals surface area contributed by atoms with Gasteiger partial charge in [-0.2, -0.15) is 0 Å². The van der Waals surface area contributed by atoms with Gasteiger partial charge < -0.3 is 15.6 Å². The maximum absolute atomic E-state index is 8.62. The van der Waals surface area contributed by atoms with Gasteiger partial charge in [0.15, 0.2) is 0 Å². The Morgan fingerprint density at radius 2 is 2.00 bits per heavy atom. The Kier molecular flexibility index (Phi) is 7.23. The second-order valence-electron chi connectivity index (χ2n) is 4.12. The number of likely N-dealkylation sites (N-methyl/N-ethyl adjacent to an activating group) is 1. The summed E-state index contributed by atoms with van der Waals surface area (Å²) in [6.07, 6.45) is 0. The average Bonchev–Trinajstić information content (AvgIpc) is 2.38. The molecule has 1 atom stereocenters. The van der Waals surface area contributed by atoms with Crippen LogP contribution in [0.1, 0.15) is 11.6 Å². The summed E-state index contributed by atoms with van der Waals surface area (Å²) in [5.41, 5.74) is 6.96. The lowest BCUT2D eigenvalue weighted by molar-refractivity contribution is 0.0710. The van der Waals surface area contributed by atoms with Gasteiger partial charge in [-0.15, -0.1) is 0 Å². The van der Waals surface area contributed by atoms with Crippen molar-refractivity contribution in [2.24, 2.45) is 5.73 Å². The van der Waals surface area contributed by atoms with Crippen molar-refractivity contribution in [2.75, 3.05) is 40.0 Å². The highest BCUT2D eigenvalue weighted by atomic mass is 35.5. The van der Waals surface area contributed by atoms with Gasteiger partial charge in [0.05, 0.1) is 19.8 Å². The van der Waals surface area contributed by atoms with E-state index < -0.39 is 0 Å². The summed E-state index contributed by atoms with van der Waals surface area (Å²) in [5, 5.41) is 9.35. The lowest BCUT2D eigenvalue weighted by atomic mass is 10.1. The normalized spacial score (nSPS) is 12.9. The third-order valence-corrected chi connectivity index (χ3v) is 3.09. The summed E-state index contributed by atoms with van der Waals surface area (Å²) in [6, 6.07) is 7.88. The number of nitrogens with zero attached hydrogens (tertiary/aromatic N) is 1. The number of hydrogen-bond acceptors (Lipinski definition) is 4. The van der Waals surface area contributed by atoms with Crippen molar-refractivity contribution < 1.29 is 9.84 Å². The first-order valence-corrected chi connectivity index (χ1v) is 6.41. The minimum absolute atomic E-state index is 0.0568. The van der Waals surface area contributed by atoms with Crippen LogP contribution in [0.25, 0.3) is 0 Å². The quantitative estimate of drug-likeness (QED) is 0.700. The first-order chi connectivity index (χ1) is 8.69. The molecule has 0 aromatic heterocycles. The summed E-state index contributed by atoms with van der Waals surface area (Å²) in [4.78, 5) is 2.14. The zero-order chi connectivity index (χ0) is 13.4. The summed E-state index contributed by atoms with van der Waals surface area (Å²) in [5.74, 6) is 0. The van der Waals surface area contributed by atoms with Crippen LogP contribution in [0.5, 0.6) is 0 Å². The molecule has 0 saturated heterocycles. The number of hydrogen-bond donors (Lipinski definition) is 2. The average molecular weight is 273 g/mol. The van der Waals surface area contributed by atoms with Gasteiger partial charge in [0.1, 0.15) is 0 Å². The molecule has 4 nitrogen and oxygen atoms in total. The van der Waals surface area contributed by atoms with Gasteiger partial charge in [-0.1, -0.05) is 23.7 Å². The van der Waals surface area contributed by atoms with Crippen LogP contribution in [0, 0.1) is 0 Å². The highest BCUT2D eigenvalue weighted by molar-refractivity contribution is 6.30. The number of aliphatic hydroxyl groups excluding tert-OH is 1. The van der Waals surface area contributed by atoms with Crippen molar-refractivity contribution in [1.29, 1.82) is 0 Å². The standard InChI is InChI=1S/C13H21ClN2O2/c1-16(6-8-18-9-7-17)13(10-15)11-2-4-12(14)5-3-11/h2-5,13,17H,6-10,15H2,1H3. The monoisotopic (exact) mass is 272 g/mol. The van der Waals surface area contributed by atoms with E-state index in [-0.39, 0.29) is 12.6 Å². The first kappa shape index (κ1) is 15.4. The lowest BCUT2D eigenvalue weighted by Crippen LogP contribution is -2.33. The highest BCUT2D eigenvalue weighted by Crippen LogP contribution is 2.20. The maximum atomic E-state index is 8.62. The second kappa shape index (κ2) is 8.45. The van der Waals surface area contributed by atoms with Gasteiger partial charge in [0.25, 0.3) is 0 Å². The predicted molar refractivity (Wildman–Crippen MR) is 73.8 cm³/mol. The van der Waals surface area contributed by atoms with Crippen molar-refractivity contribution in [2.45, 2.75) is 6.04 Å². The number of nitrogens with two attached hydrogens (primary N) is 1. The molecule has 102 valence electrons. The van der Waals surface area contributed by atoms with Gasteiger partial charge in [0, 0.05) is 24.2 Å². The highest BCUT2D eigenvalue weighted by Gasteiger charge is 2.14. The Balaban J connectivity index is 2.51. The van der Waals surface area contributed by atoms with Gasteiger partial charge in [0.2, 0.25) is 0 Å². The lowest BCUT2D eigenvalue weighted by Gasteiger charge is -2.27. The molecule has 1 unspecified atom stereocenters. The van der Waals surface area contributed by atoms with E-state index in [0.717, 1.165) is 17.1 Å². The minimum atomic E-state index is 0.0568. The van der Waals surface area contributed by atoms with E-state index in [0.29, 0.717) is 19.8 Å². The molecule has 1 aromatic rings. The molecule has 0 bridgehead atoms. The molecule has 1 rings (SSSR count). The molecule has 18 heavy (non-hydrogen) atoms. The van der Waals surface area contributed by atoms with Crippen LogP contribution < -0.4 is 5.73 Å². The summed E-state index contributed by atoms with van der Waals surface area (Å²) in [6.45, 7) is 2.33. The van der Waals surface area contributed by atoms with E-state index in [1.165, 1.54) is 0 Å². The van der Waals surface area contributed by atoms with E-state index in [1.54, 1.807) is 0 Å². The van der Waals surface area contributed by atoms with Gasteiger partial charge in [-0.05, 0) is 24.7 Å². The van der Waals surface area contributed by atoms with E-state index >= 15 is 0 Å². The van der Waals surface area contributed by atoms with Gasteiger partial charge in [-0.3, -0.25) is 4.90 Å². The largest absolute Gasteiger partial charge is 0.394 e. The molecule has 0 aliphatic carbocycles. The Bertz CT molecular complexity index is 332. The zero-order valence-electron chi connectivity index (χ0n) is 10.7. The number of halogens is 1. The van der Waals surface area contributed by atoms with Crippen LogP contribution in [-0.2, 0) is 4.74 Å². The molecule has 0 saturated carbocycles. The van der Waals surface area contributed by atoms with Crippen LogP contribution in [0.4, 0.5) is 0 Å². The molecule has 0 fully saturated rings. The Hall–Kier alpha value is -0.650. The molecule has 5 heteroatoms. The van der Waals surface area contributed by atoms with E-state index in [9.17, 15) is 0 Å². The van der Waals surface area contributed by atoms with Gasteiger partial charge >= 0.3 is 0 Å². The Labute approximate surface area is 113 Å². The van der Waals surface area contributed by atoms with Crippen molar-refractivity contribution in [3.8, 4) is 0 Å². The summed E-state index contributed by atoms with van der Waals surface area (Å²) in [7, 11) is 2.01. The Morgan fingerprint density at radius 1 is 1.33 bits per heavy atom. The zero-order valence-corrected chi connectivity index (χ0v) is 11.4. The molecule has 1 aromatic carbocycles. The molecule has 0 aliphatic heterocycles. The fraction of sp³-hybridized carbons (Fsp3) is 0.538. The molecule has 0 radical (unpaired) electrons. The van der Waals surface area contributed by atoms with Crippen LogP contribution >= 0.6 is 11.6 Å². The molecule has 3 N–H and O–H groups in total. The molecular formula is C13H21ClN2O2. The summed E-state index contributed by atoms with van der Waals surface area (Å²) >= 11 is 5.87. The summed E-state index contributed by atoms with van der Waals surface area (Å²) < 4.78 is 5.25. The van der Waals surface area contributed by atoms with Crippen LogP contribution in [0.3, 0.4) is 0 Å². The van der Waals surface area contributed by atoms with Crippen LogP contribution in [0.15, 0.2) is 24.3 Å². The van der Waals surface area contributed by atoms with E-state index in [2.05, 4.69) is 4.90 Å². The smallest absolute Gasteiger partial charge is 0.0698 e. The van der Waals surface area contributed by atoms with Crippen LogP contribution in [0.2, 0.25) is 5.02 Å². The topological polar surface area (TPSA) is 58.7 Å². The number of benzene rings is 1. The Morgan fingerprint density at radius 3 is 2.56 bits per heavy atom.